The number of hydrogen-bond donors (Lipinski definition) is 1. The van der Waals surface area contributed by atoms with E-state index >= 15 is 0 Å². The first kappa shape index (κ1) is 9.21. The Morgan fingerprint density at radius 1 is 1.67 bits per heavy atom. The summed E-state index contributed by atoms with van der Waals surface area (Å²) in [6.07, 6.45) is 0.413. The van der Waals surface area contributed by atoms with Crippen molar-refractivity contribution in [1.82, 2.24) is 0 Å². The monoisotopic (exact) mass is 152 g/mol. The first-order valence-corrected chi connectivity index (χ1v) is 3.66. The molecular formula is C6H13ClO2. The number of aliphatic hydroxyl groups excluding tert-OH is 1. The average Bonchev–Trinajstić information content (AvgIpc) is 1.89. The van der Waals surface area contributed by atoms with Crippen LogP contribution >= 0.6 is 11.6 Å². The molecule has 0 bridgehead atoms. The fraction of sp³-hybridized carbons (Fsp3) is 1.00. The van der Waals surface area contributed by atoms with E-state index in [4.69, 9.17) is 21.4 Å². The van der Waals surface area contributed by atoms with Gasteiger partial charge in [0.2, 0.25) is 0 Å². The van der Waals surface area contributed by atoms with E-state index in [-0.39, 0.29) is 6.10 Å². The highest BCUT2D eigenvalue weighted by Gasteiger charge is 1.97. The van der Waals surface area contributed by atoms with Crippen molar-refractivity contribution in [1.29, 1.82) is 0 Å². The van der Waals surface area contributed by atoms with Crippen molar-refractivity contribution in [2.24, 2.45) is 0 Å². The normalized spacial score (nSPS) is 13.7. The molecule has 1 atom stereocenters. The van der Waals surface area contributed by atoms with Crippen LogP contribution in [0.15, 0.2) is 0 Å². The molecule has 0 rings (SSSR count). The second-order valence-corrected chi connectivity index (χ2v) is 2.20. The minimum absolute atomic E-state index is 0.326. The van der Waals surface area contributed by atoms with Crippen LogP contribution in [0.25, 0.3) is 0 Å². The zero-order valence-electron chi connectivity index (χ0n) is 5.64. The zero-order chi connectivity index (χ0) is 7.11. The highest BCUT2D eigenvalue weighted by Crippen LogP contribution is 1.90. The third kappa shape index (κ3) is 6.09. The Hall–Kier alpha value is 0.210. The molecule has 0 heterocycles. The summed E-state index contributed by atoms with van der Waals surface area (Å²) < 4.78 is 4.95. The Bertz CT molecular complexity index is 59.0. The van der Waals surface area contributed by atoms with E-state index < -0.39 is 0 Å². The molecule has 3 heteroatoms. The molecule has 56 valence electrons. The molecule has 0 fully saturated rings. The van der Waals surface area contributed by atoms with E-state index in [0.29, 0.717) is 19.1 Å². The van der Waals surface area contributed by atoms with E-state index in [1.54, 1.807) is 0 Å². The van der Waals surface area contributed by atoms with Gasteiger partial charge in [-0.2, -0.15) is 0 Å². The molecule has 0 amide bonds. The van der Waals surface area contributed by atoms with Gasteiger partial charge in [-0.15, -0.1) is 11.6 Å². The minimum atomic E-state index is -0.326. The summed E-state index contributed by atoms with van der Waals surface area (Å²) in [6.45, 7) is 2.84. The maximum Gasteiger partial charge on any atom is 0.0771 e. The summed E-state index contributed by atoms with van der Waals surface area (Å²) >= 11 is 5.32. The molecular weight excluding hydrogens is 140 g/mol. The molecule has 0 aromatic rings. The molecule has 0 saturated carbocycles. The predicted molar refractivity (Wildman–Crippen MR) is 37.8 cm³/mol. The van der Waals surface area contributed by atoms with Crippen molar-refractivity contribution in [3.63, 3.8) is 0 Å². The Morgan fingerprint density at radius 3 is 2.78 bits per heavy atom. The first-order chi connectivity index (χ1) is 4.31. The van der Waals surface area contributed by atoms with Gasteiger partial charge in [-0.25, -0.2) is 0 Å². The molecule has 0 aliphatic carbocycles. The molecule has 0 aromatic heterocycles. The van der Waals surface area contributed by atoms with Gasteiger partial charge in [-0.05, 0) is 6.42 Å². The van der Waals surface area contributed by atoms with Crippen LogP contribution in [0.5, 0.6) is 0 Å². The molecule has 0 spiro atoms. The molecule has 1 N–H and O–H groups in total. The van der Waals surface area contributed by atoms with Crippen molar-refractivity contribution in [3.8, 4) is 0 Å². The first-order valence-electron chi connectivity index (χ1n) is 3.13. The van der Waals surface area contributed by atoms with Gasteiger partial charge in [-0.3, -0.25) is 0 Å². The maximum absolute atomic E-state index is 8.92. The lowest BCUT2D eigenvalue weighted by atomic mass is 10.3. The van der Waals surface area contributed by atoms with Crippen molar-refractivity contribution in [2.45, 2.75) is 19.4 Å². The van der Waals surface area contributed by atoms with Crippen LogP contribution < -0.4 is 0 Å². The second-order valence-electron chi connectivity index (χ2n) is 1.83. The summed E-state index contributed by atoms with van der Waals surface area (Å²) in [5, 5.41) is 8.92. The van der Waals surface area contributed by atoms with Gasteiger partial charge in [0, 0.05) is 5.88 Å². The Kier molecular flexibility index (Phi) is 6.48. The standard InChI is InChI=1S/C6H13ClO2/c1-2-6(8)5-9-4-3-7/h6,8H,2-5H2,1H3. The van der Waals surface area contributed by atoms with Crippen LogP contribution in [0.4, 0.5) is 0 Å². The largest absolute Gasteiger partial charge is 0.391 e. The molecule has 0 saturated heterocycles. The molecule has 1 unspecified atom stereocenters. The molecule has 0 aliphatic rings. The Labute approximate surface area is 60.8 Å². The van der Waals surface area contributed by atoms with Crippen LogP contribution in [-0.2, 0) is 4.74 Å². The van der Waals surface area contributed by atoms with Crippen LogP contribution in [0, 0.1) is 0 Å². The Balaban J connectivity index is 2.88. The summed E-state index contributed by atoms with van der Waals surface area (Å²) in [6, 6.07) is 0. The fourth-order valence-corrected chi connectivity index (χ4v) is 0.501. The minimum Gasteiger partial charge on any atom is -0.391 e. The van der Waals surface area contributed by atoms with Gasteiger partial charge in [0.05, 0.1) is 19.3 Å². The third-order valence-corrected chi connectivity index (χ3v) is 1.16. The lowest BCUT2D eigenvalue weighted by Crippen LogP contribution is -2.14. The third-order valence-electron chi connectivity index (χ3n) is 1.00. The smallest absolute Gasteiger partial charge is 0.0771 e. The number of aliphatic hydroxyl groups is 1. The summed E-state index contributed by atoms with van der Waals surface area (Å²) in [5.41, 5.74) is 0. The number of halogens is 1. The number of alkyl halides is 1. The van der Waals surface area contributed by atoms with Gasteiger partial charge < -0.3 is 9.84 Å². The second kappa shape index (κ2) is 6.33. The topological polar surface area (TPSA) is 29.5 Å². The quantitative estimate of drug-likeness (QED) is 0.471. The predicted octanol–water partition coefficient (Wildman–Crippen LogP) is 1.01. The van der Waals surface area contributed by atoms with E-state index in [9.17, 15) is 0 Å². The lowest BCUT2D eigenvalue weighted by molar-refractivity contribution is 0.0417. The lowest BCUT2D eigenvalue weighted by Gasteiger charge is -2.06. The molecule has 0 radical (unpaired) electrons. The number of ether oxygens (including phenoxy) is 1. The van der Waals surface area contributed by atoms with Crippen LogP contribution in [-0.4, -0.2) is 30.3 Å². The number of rotatable bonds is 5. The maximum atomic E-state index is 8.92. The molecule has 0 aromatic carbocycles. The molecule has 0 aliphatic heterocycles. The molecule has 2 nitrogen and oxygen atoms in total. The van der Waals surface area contributed by atoms with Crippen molar-refractivity contribution in [2.75, 3.05) is 19.1 Å². The fourth-order valence-electron chi connectivity index (χ4n) is 0.392. The highest BCUT2D eigenvalue weighted by molar-refractivity contribution is 6.17. The Morgan fingerprint density at radius 2 is 2.33 bits per heavy atom. The van der Waals surface area contributed by atoms with E-state index in [0.717, 1.165) is 6.42 Å². The van der Waals surface area contributed by atoms with Crippen LogP contribution in [0.2, 0.25) is 0 Å². The average molecular weight is 153 g/mol. The SMILES string of the molecule is CCC(O)COCCCl. The van der Waals surface area contributed by atoms with Gasteiger partial charge >= 0.3 is 0 Å². The van der Waals surface area contributed by atoms with E-state index in [1.165, 1.54) is 0 Å². The van der Waals surface area contributed by atoms with Crippen molar-refractivity contribution >= 4 is 11.6 Å². The summed E-state index contributed by atoms with van der Waals surface area (Å²) in [4.78, 5) is 0. The van der Waals surface area contributed by atoms with Gasteiger partial charge in [-0.1, -0.05) is 6.92 Å². The summed E-state index contributed by atoms with van der Waals surface area (Å²) in [7, 11) is 0. The van der Waals surface area contributed by atoms with Crippen LogP contribution in [0.1, 0.15) is 13.3 Å². The summed E-state index contributed by atoms with van der Waals surface area (Å²) in [5.74, 6) is 0.496. The zero-order valence-corrected chi connectivity index (χ0v) is 6.40. The van der Waals surface area contributed by atoms with E-state index in [2.05, 4.69) is 0 Å². The highest BCUT2D eigenvalue weighted by atomic mass is 35.5. The molecule has 9 heavy (non-hydrogen) atoms. The van der Waals surface area contributed by atoms with E-state index in [1.807, 2.05) is 6.92 Å². The van der Waals surface area contributed by atoms with Crippen molar-refractivity contribution in [3.05, 3.63) is 0 Å². The van der Waals surface area contributed by atoms with Gasteiger partial charge in [0.15, 0.2) is 0 Å². The van der Waals surface area contributed by atoms with Crippen molar-refractivity contribution < 1.29 is 9.84 Å². The van der Waals surface area contributed by atoms with Crippen LogP contribution in [0.3, 0.4) is 0 Å². The van der Waals surface area contributed by atoms with Gasteiger partial charge in [0.25, 0.3) is 0 Å². The van der Waals surface area contributed by atoms with Gasteiger partial charge in [0.1, 0.15) is 0 Å². The number of hydrogen-bond acceptors (Lipinski definition) is 2.